The molecule has 1 fully saturated rings. The first-order chi connectivity index (χ1) is 16.8. The van der Waals surface area contributed by atoms with Crippen LogP contribution in [0.25, 0.3) is 0 Å². The van der Waals surface area contributed by atoms with Crippen LogP contribution in [0.3, 0.4) is 0 Å². The lowest BCUT2D eigenvalue weighted by molar-refractivity contribution is -0.274. The topological polar surface area (TPSA) is 96.0 Å². The minimum absolute atomic E-state index is 0.0434. The molecule has 0 bridgehead atoms. The van der Waals surface area contributed by atoms with Gasteiger partial charge in [0.15, 0.2) is 0 Å². The highest BCUT2D eigenvalue weighted by molar-refractivity contribution is 7.89. The molecule has 2 aliphatic heterocycles. The molecule has 1 atom stereocenters. The van der Waals surface area contributed by atoms with Gasteiger partial charge in [0.25, 0.3) is 0 Å². The van der Waals surface area contributed by atoms with Crippen molar-refractivity contribution in [3.05, 3.63) is 48.0 Å². The highest BCUT2D eigenvalue weighted by Gasteiger charge is 2.35. The lowest BCUT2D eigenvalue weighted by Crippen LogP contribution is -2.41. The Morgan fingerprint density at radius 2 is 1.69 bits per heavy atom. The van der Waals surface area contributed by atoms with E-state index in [4.69, 9.17) is 0 Å². The van der Waals surface area contributed by atoms with Crippen LogP contribution in [-0.2, 0) is 26.0 Å². The maximum atomic E-state index is 13.2. The molecule has 0 aliphatic carbocycles. The molecule has 36 heavy (non-hydrogen) atoms. The Morgan fingerprint density at radius 3 is 2.28 bits per heavy atom. The summed E-state index contributed by atoms with van der Waals surface area (Å²) in [6.45, 7) is 3.71. The van der Waals surface area contributed by atoms with Crippen LogP contribution < -0.4 is 15.0 Å². The fourth-order valence-corrected chi connectivity index (χ4v) is 6.26. The largest absolute Gasteiger partial charge is 0.573 e. The molecule has 2 aromatic carbocycles. The van der Waals surface area contributed by atoms with E-state index in [-0.39, 0.29) is 35.8 Å². The molecule has 2 amide bonds. The molecule has 0 spiro atoms. The van der Waals surface area contributed by atoms with Crippen molar-refractivity contribution in [2.75, 3.05) is 23.3 Å². The molecule has 0 aromatic heterocycles. The van der Waals surface area contributed by atoms with Crippen LogP contribution in [-0.4, -0.2) is 50.0 Å². The van der Waals surface area contributed by atoms with Gasteiger partial charge in [-0.2, -0.15) is 4.31 Å². The number of ether oxygens (including phenoxy) is 1. The maximum absolute atomic E-state index is 13.2. The van der Waals surface area contributed by atoms with Crippen molar-refractivity contribution in [3.8, 4) is 5.75 Å². The zero-order valence-electron chi connectivity index (χ0n) is 19.7. The number of nitrogens with zero attached hydrogens (tertiary/aromatic N) is 2. The Labute approximate surface area is 207 Å². The number of nitrogens with one attached hydrogen (secondary N) is 1. The van der Waals surface area contributed by atoms with Crippen molar-refractivity contribution in [1.82, 2.24) is 4.31 Å². The predicted molar refractivity (Wildman–Crippen MR) is 126 cm³/mol. The van der Waals surface area contributed by atoms with Crippen molar-refractivity contribution in [2.45, 2.75) is 50.4 Å². The minimum atomic E-state index is -4.80. The monoisotopic (exact) mass is 525 g/mol. The summed E-state index contributed by atoms with van der Waals surface area (Å²) in [5.41, 5.74) is 1.85. The number of piperidine rings is 1. The van der Waals surface area contributed by atoms with E-state index in [2.05, 4.69) is 10.1 Å². The zero-order valence-corrected chi connectivity index (χ0v) is 20.5. The smallest absolute Gasteiger partial charge is 0.406 e. The van der Waals surface area contributed by atoms with Gasteiger partial charge in [-0.15, -0.1) is 13.2 Å². The van der Waals surface area contributed by atoms with Crippen molar-refractivity contribution in [3.63, 3.8) is 0 Å². The molecule has 0 unspecified atom stereocenters. The van der Waals surface area contributed by atoms with Gasteiger partial charge in [0, 0.05) is 43.3 Å². The van der Waals surface area contributed by atoms with E-state index in [9.17, 15) is 31.2 Å². The fraction of sp³-hybridized carbons (Fsp3) is 0.417. The summed E-state index contributed by atoms with van der Waals surface area (Å²) in [6, 6.07) is 9.57. The molecule has 12 heteroatoms. The van der Waals surface area contributed by atoms with Crippen LogP contribution in [0, 0.1) is 5.92 Å². The average molecular weight is 526 g/mol. The van der Waals surface area contributed by atoms with E-state index >= 15 is 0 Å². The van der Waals surface area contributed by atoms with E-state index in [1.807, 2.05) is 6.92 Å². The van der Waals surface area contributed by atoms with Gasteiger partial charge >= 0.3 is 6.36 Å². The first kappa shape index (κ1) is 26.0. The number of hydrogen-bond acceptors (Lipinski definition) is 5. The van der Waals surface area contributed by atoms with Gasteiger partial charge in [0.05, 0.1) is 4.90 Å². The molecule has 2 aliphatic rings. The summed E-state index contributed by atoms with van der Waals surface area (Å²) in [6.07, 6.45) is -3.61. The highest BCUT2D eigenvalue weighted by atomic mass is 32.2. The third kappa shape index (κ3) is 5.49. The summed E-state index contributed by atoms with van der Waals surface area (Å²) >= 11 is 0. The van der Waals surface area contributed by atoms with Gasteiger partial charge in [-0.1, -0.05) is 0 Å². The Morgan fingerprint density at radius 1 is 1.06 bits per heavy atom. The third-order valence-electron chi connectivity index (χ3n) is 6.42. The molecule has 1 N–H and O–H groups in total. The number of fused-ring (bicyclic) bond motifs is 1. The quantitative estimate of drug-likeness (QED) is 0.639. The Kier molecular flexibility index (Phi) is 7.02. The van der Waals surface area contributed by atoms with Gasteiger partial charge in [-0.05, 0) is 74.2 Å². The zero-order chi connectivity index (χ0) is 26.3. The number of halogens is 3. The Balaban J connectivity index is 1.36. The summed E-state index contributed by atoms with van der Waals surface area (Å²) in [5.74, 6) is -1.25. The normalized spacial score (nSPS) is 19.1. The predicted octanol–water partition coefficient (Wildman–Crippen LogP) is 3.92. The van der Waals surface area contributed by atoms with Crippen molar-refractivity contribution >= 4 is 33.2 Å². The third-order valence-corrected chi connectivity index (χ3v) is 8.32. The molecule has 0 radical (unpaired) electrons. The van der Waals surface area contributed by atoms with Crippen LogP contribution in [0.15, 0.2) is 47.4 Å². The van der Waals surface area contributed by atoms with Gasteiger partial charge in [0.1, 0.15) is 5.75 Å². The molecule has 8 nitrogen and oxygen atoms in total. The number of benzene rings is 2. The second-order valence-electron chi connectivity index (χ2n) is 8.97. The molecule has 1 saturated heterocycles. The maximum Gasteiger partial charge on any atom is 0.573 e. The van der Waals surface area contributed by atoms with Crippen LogP contribution >= 0.6 is 0 Å². The van der Waals surface area contributed by atoms with Crippen LogP contribution in [0.5, 0.6) is 5.75 Å². The number of carbonyl (C=O) groups is 2. The van der Waals surface area contributed by atoms with Crippen LogP contribution in [0.4, 0.5) is 24.5 Å². The summed E-state index contributed by atoms with van der Waals surface area (Å²) < 4.78 is 68.5. The van der Waals surface area contributed by atoms with E-state index in [0.29, 0.717) is 24.9 Å². The molecular formula is C24H26F3N3O5S. The summed E-state index contributed by atoms with van der Waals surface area (Å²) in [4.78, 5) is 26.4. The Hall–Kier alpha value is -3.12. The molecule has 2 aromatic rings. The second-order valence-corrected chi connectivity index (χ2v) is 10.9. The van der Waals surface area contributed by atoms with E-state index in [1.165, 1.54) is 29.4 Å². The number of alkyl halides is 3. The van der Waals surface area contributed by atoms with Crippen molar-refractivity contribution in [2.24, 2.45) is 5.92 Å². The molecular weight excluding hydrogens is 499 g/mol. The van der Waals surface area contributed by atoms with E-state index < -0.39 is 28.1 Å². The average Bonchev–Trinajstić information content (AvgIpc) is 3.14. The lowest BCUT2D eigenvalue weighted by atomic mass is 9.97. The first-order valence-corrected chi connectivity index (χ1v) is 12.9. The minimum Gasteiger partial charge on any atom is -0.406 e. The Bertz CT molecular complexity index is 1260. The molecule has 0 saturated carbocycles. The molecule has 2 heterocycles. The summed E-state index contributed by atoms with van der Waals surface area (Å²) in [7, 11) is -3.77. The highest BCUT2D eigenvalue weighted by Crippen LogP contribution is 2.35. The van der Waals surface area contributed by atoms with Gasteiger partial charge < -0.3 is 15.0 Å². The van der Waals surface area contributed by atoms with Crippen molar-refractivity contribution < 1.29 is 35.9 Å². The van der Waals surface area contributed by atoms with Gasteiger partial charge in [0.2, 0.25) is 21.8 Å². The molecule has 4 rings (SSSR count). The second kappa shape index (κ2) is 9.74. The fourth-order valence-electron chi connectivity index (χ4n) is 4.74. The number of amides is 2. The molecule has 194 valence electrons. The van der Waals surface area contributed by atoms with Gasteiger partial charge in [-0.25, -0.2) is 8.42 Å². The van der Waals surface area contributed by atoms with E-state index in [0.717, 1.165) is 23.4 Å². The number of hydrogen-bond donors (Lipinski definition) is 1. The number of sulfonamides is 1. The van der Waals surface area contributed by atoms with E-state index in [1.54, 1.807) is 17.0 Å². The SMILES string of the molecule is CC(=O)N1c2ccc(S(=O)(=O)N3CCC(C(=O)Nc4ccc(OC(F)(F)F)cc4)CC3)cc2C[C@H]1C. The van der Waals surface area contributed by atoms with Crippen LogP contribution in [0.1, 0.15) is 32.3 Å². The van der Waals surface area contributed by atoms with Gasteiger partial charge in [-0.3, -0.25) is 9.59 Å². The lowest BCUT2D eigenvalue weighted by Gasteiger charge is -2.30. The number of rotatable bonds is 5. The number of anilines is 2. The summed E-state index contributed by atoms with van der Waals surface area (Å²) in [5, 5.41) is 2.66. The van der Waals surface area contributed by atoms with Crippen molar-refractivity contribution in [1.29, 1.82) is 0 Å². The van der Waals surface area contributed by atoms with Crippen LogP contribution in [0.2, 0.25) is 0 Å². The first-order valence-electron chi connectivity index (χ1n) is 11.4. The standard InChI is InChI=1S/C24H26F3N3O5S/c1-15-13-18-14-21(7-8-22(18)30(15)16(2)31)36(33,34)29-11-9-17(10-12-29)23(32)28-19-3-5-20(6-4-19)35-24(25,26)27/h3-8,14-15,17H,9-13H2,1-2H3,(H,28,32)/t15-/m1/s1. The number of carbonyl (C=O) groups excluding carboxylic acids is 2.